The van der Waals surface area contributed by atoms with Crippen LogP contribution in [-0.4, -0.2) is 40.5 Å². The third-order valence-corrected chi connectivity index (χ3v) is 4.39. The van der Waals surface area contributed by atoms with Crippen LogP contribution in [-0.2, 0) is 0 Å². The van der Waals surface area contributed by atoms with Crippen molar-refractivity contribution in [1.29, 1.82) is 0 Å². The molecule has 1 amide bonds. The first kappa shape index (κ1) is 16.6. The van der Waals surface area contributed by atoms with E-state index >= 15 is 0 Å². The number of carbonyl (C=O) groups excluding carboxylic acids is 1. The molecule has 0 aliphatic rings. The van der Waals surface area contributed by atoms with Crippen LogP contribution >= 0.6 is 27.7 Å². The molecule has 1 aromatic heterocycles. The fraction of sp³-hybridized carbons (Fsp3) is 0.643. The molecule has 3 nitrogen and oxygen atoms in total. The molecular weight excluding hydrogens is 324 g/mol. The van der Waals surface area contributed by atoms with Gasteiger partial charge in [-0.05, 0) is 61.2 Å². The normalized spacial score (nSPS) is 12.8. The molecule has 5 heteroatoms. The Morgan fingerprint density at radius 3 is 2.63 bits per heavy atom. The quantitative estimate of drug-likeness (QED) is 0.776. The summed E-state index contributed by atoms with van der Waals surface area (Å²) in [5.41, 5.74) is 0.750. The van der Waals surface area contributed by atoms with Crippen LogP contribution in [0.25, 0.3) is 0 Å². The van der Waals surface area contributed by atoms with Gasteiger partial charge in [0.2, 0.25) is 0 Å². The predicted molar refractivity (Wildman–Crippen MR) is 87.1 cm³/mol. The first-order valence-electron chi connectivity index (χ1n) is 6.52. The van der Waals surface area contributed by atoms with Gasteiger partial charge in [0.15, 0.2) is 0 Å². The summed E-state index contributed by atoms with van der Waals surface area (Å²) >= 11 is 5.27. The summed E-state index contributed by atoms with van der Waals surface area (Å²) in [5.74, 6) is 1.17. The van der Waals surface area contributed by atoms with Crippen LogP contribution in [0.15, 0.2) is 16.7 Å². The Morgan fingerprint density at radius 2 is 2.11 bits per heavy atom. The van der Waals surface area contributed by atoms with E-state index in [9.17, 15) is 4.79 Å². The lowest BCUT2D eigenvalue weighted by atomic mass is 10.2. The lowest BCUT2D eigenvalue weighted by Crippen LogP contribution is -2.36. The zero-order valence-corrected chi connectivity index (χ0v) is 14.7. The largest absolute Gasteiger partial charge is 0.340 e. The second kappa shape index (κ2) is 7.39. The van der Waals surface area contributed by atoms with Crippen molar-refractivity contribution in [3.63, 3.8) is 0 Å². The fourth-order valence-corrected chi connectivity index (χ4v) is 2.92. The van der Waals surface area contributed by atoms with Gasteiger partial charge in [0.05, 0.1) is 0 Å². The van der Waals surface area contributed by atoms with Gasteiger partial charge in [-0.2, -0.15) is 11.8 Å². The molecule has 0 spiro atoms. The van der Waals surface area contributed by atoms with Gasteiger partial charge in [0.1, 0.15) is 5.69 Å². The zero-order chi connectivity index (χ0) is 14.6. The van der Waals surface area contributed by atoms with Gasteiger partial charge in [-0.3, -0.25) is 4.79 Å². The van der Waals surface area contributed by atoms with Gasteiger partial charge in [-0.15, -0.1) is 0 Å². The molecule has 19 heavy (non-hydrogen) atoms. The van der Waals surface area contributed by atoms with Crippen LogP contribution in [0.5, 0.6) is 0 Å². The van der Waals surface area contributed by atoms with E-state index in [4.69, 9.17) is 0 Å². The summed E-state index contributed by atoms with van der Waals surface area (Å²) < 4.78 is 2.97. The van der Waals surface area contributed by atoms with Crippen LogP contribution < -0.4 is 0 Å². The standard InChI is InChI=1S/C14H23BrN2OS/c1-10(2)17-9-12(15)8-13(17)14(18)16(4)11(3)6-7-19-5/h8-11H,6-7H2,1-5H3. The van der Waals surface area contributed by atoms with Gasteiger partial charge < -0.3 is 9.47 Å². The van der Waals surface area contributed by atoms with E-state index in [0.717, 1.165) is 22.3 Å². The number of hydrogen-bond donors (Lipinski definition) is 0. The second-order valence-electron chi connectivity index (χ2n) is 5.09. The van der Waals surface area contributed by atoms with Crippen LogP contribution in [0.2, 0.25) is 0 Å². The van der Waals surface area contributed by atoms with E-state index in [1.165, 1.54) is 0 Å². The Bertz CT molecular complexity index is 431. The highest BCUT2D eigenvalue weighted by Gasteiger charge is 2.21. The lowest BCUT2D eigenvalue weighted by molar-refractivity contribution is 0.0729. The maximum atomic E-state index is 12.6. The van der Waals surface area contributed by atoms with Gasteiger partial charge in [-0.25, -0.2) is 0 Å². The second-order valence-corrected chi connectivity index (χ2v) is 6.99. The highest BCUT2D eigenvalue weighted by Crippen LogP contribution is 2.21. The highest BCUT2D eigenvalue weighted by molar-refractivity contribution is 9.10. The minimum Gasteiger partial charge on any atom is -0.340 e. The van der Waals surface area contributed by atoms with E-state index < -0.39 is 0 Å². The van der Waals surface area contributed by atoms with E-state index in [0.29, 0.717) is 0 Å². The number of rotatable bonds is 6. The van der Waals surface area contributed by atoms with Crippen LogP contribution in [0, 0.1) is 0 Å². The zero-order valence-electron chi connectivity index (χ0n) is 12.3. The molecule has 0 saturated carbocycles. The minimum absolute atomic E-state index is 0.0907. The van der Waals surface area contributed by atoms with Crippen molar-refractivity contribution in [3.8, 4) is 0 Å². The molecular formula is C14H23BrN2OS. The summed E-state index contributed by atoms with van der Waals surface area (Å²) in [7, 11) is 1.89. The number of nitrogens with zero attached hydrogens (tertiary/aromatic N) is 2. The lowest BCUT2D eigenvalue weighted by Gasteiger charge is -2.26. The Balaban J connectivity index is 2.87. The molecule has 1 heterocycles. The summed E-state index contributed by atoms with van der Waals surface area (Å²) in [4.78, 5) is 14.4. The third-order valence-electron chi connectivity index (χ3n) is 3.31. The average molecular weight is 347 g/mol. The van der Waals surface area contributed by atoms with Crippen LogP contribution in [0.4, 0.5) is 0 Å². The molecule has 0 bridgehead atoms. The van der Waals surface area contributed by atoms with Gasteiger partial charge in [-0.1, -0.05) is 0 Å². The van der Waals surface area contributed by atoms with E-state index in [-0.39, 0.29) is 18.0 Å². The number of thioether (sulfide) groups is 1. The smallest absolute Gasteiger partial charge is 0.270 e. The number of amides is 1. The molecule has 0 N–H and O–H groups in total. The highest BCUT2D eigenvalue weighted by atomic mass is 79.9. The summed E-state index contributed by atoms with van der Waals surface area (Å²) in [6.07, 6.45) is 5.08. The number of halogens is 1. The Morgan fingerprint density at radius 1 is 1.47 bits per heavy atom. The molecule has 0 radical (unpaired) electrons. The molecule has 1 atom stereocenters. The summed E-state index contributed by atoms with van der Waals surface area (Å²) in [6, 6.07) is 2.44. The fourth-order valence-electron chi connectivity index (χ4n) is 1.91. The summed E-state index contributed by atoms with van der Waals surface area (Å²) in [6.45, 7) is 6.27. The Hall–Kier alpha value is -0.420. The van der Waals surface area contributed by atoms with Gasteiger partial charge in [0, 0.05) is 29.8 Å². The topological polar surface area (TPSA) is 25.2 Å². The molecule has 0 saturated heterocycles. The molecule has 0 aliphatic carbocycles. The molecule has 0 fully saturated rings. The van der Waals surface area contributed by atoms with E-state index in [2.05, 4.69) is 43.0 Å². The summed E-state index contributed by atoms with van der Waals surface area (Å²) in [5, 5.41) is 0. The van der Waals surface area contributed by atoms with Crippen molar-refractivity contribution in [2.45, 2.75) is 39.3 Å². The van der Waals surface area contributed by atoms with Crippen molar-refractivity contribution >= 4 is 33.6 Å². The van der Waals surface area contributed by atoms with Gasteiger partial charge in [0.25, 0.3) is 5.91 Å². The molecule has 1 unspecified atom stereocenters. The van der Waals surface area contributed by atoms with Crippen molar-refractivity contribution in [2.24, 2.45) is 0 Å². The SMILES string of the molecule is CSCCC(C)N(C)C(=O)c1cc(Br)cn1C(C)C. The van der Waals surface area contributed by atoms with Crippen molar-refractivity contribution in [1.82, 2.24) is 9.47 Å². The molecule has 108 valence electrons. The van der Waals surface area contributed by atoms with Crippen molar-refractivity contribution in [3.05, 3.63) is 22.4 Å². The van der Waals surface area contributed by atoms with Crippen LogP contribution in [0.1, 0.15) is 43.7 Å². The maximum absolute atomic E-state index is 12.6. The number of aromatic nitrogens is 1. The molecule has 0 aromatic carbocycles. The van der Waals surface area contributed by atoms with Crippen LogP contribution in [0.3, 0.4) is 0 Å². The van der Waals surface area contributed by atoms with Crippen molar-refractivity contribution < 1.29 is 4.79 Å². The van der Waals surface area contributed by atoms with E-state index in [1.807, 2.05) is 40.5 Å². The van der Waals surface area contributed by atoms with E-state index in [1.54, 1.807) is 0 Å². The predicted octanol–water partition coefficient (Wildman–Crippen LogP) is 4.05. The van der Waals surface area contributed by atoms with Gasteiger partial charge >= 0.3 is 0 Å². The van der Waals surface area contributed by atoms with Crippen molar-refractivity contribution in [2.75, 3.05) is 19.1 Å². The number of hydrogen-bond acceptors (Lipinski definition) is 2. The first-order chi connectivity index (χ1) is 8.88. The maximum Gasteiger partial charge on any atom is 0.270 e. The average Bonchev–Trinajstić information content (AvgIpc) is 2.76. The number of carbonyl (C=O) groups is 1. The molecule has 1 aromatic rings. The molecule has 0 aliphatic heterocycles. The first-order valence-corrected chi connectivity index (χ1v) is 8.70. The molecule has 1 rings (SSSR count). The monoisotopic (exact) mass is 346 g/mol. The Labute approximate surface area is 128 Å². The minimum atomic E-state index is 0.0907. The Kier molecular flexibility index (Phi) is 6.47. The third kappa shape index (κ3) is 4.28.